The molecule has 0 bridgehead atoms. The van der Waals surface area contributed by atoms with Gasteiger partial charge in [0.15, 0.2) is 0 Å². The van der Waals surface area contributed by atoms with Crippen LogP contribution in [-0.4, -0.2) is 20.1 Å². The maximum atomic E-state index is 13.1. The van der Waals surface area contributed by atoms with E-state index in [4.69, 9.17) is 0 Å². The van der Waals surface area contributed by atoms with Crippen LogP contribution in [0.2, 0.25) is 0 Å². The quantitative estimate of drug-likeness (QED) is 0.362. The van der Waals surface area contributed by atoms with Crippen molar-refractivity contribution in [2.45, 2.75) is 11.3 Å². The van der Waals surface area contributed by atoms with Gasteiger partial charge in [0.1, 0.15) is 11.4 Å². The molecule has 0 saturated carbocycles. The summed E-state index contributed by atoms with van der Waals surface area (Å²) in [7, 11) is -3.66. The lowest BCUT2D eigenvalue weighted by Gasteiger charge is -2.19. The molecule has 4 aromatic carbocycles. The van der Waals surface area contributed by atoms with Crippen molar-refractivity contribution in [2.75, 3.05) is 10.8 Å². The van der Waals surface area contributed by atoms with Crippen molar-refractivity contribution in [1.29, 1.82) is 0 Å². The maximum absolute atomic E-state index is 13.1. The number of para-hydroxylation sites is 1. The fourth-order valence-corrected chi connectivity index (χ4v) is 5.40. The molecule has 164 valence electrons. The van der Waals surface area contributed by atoms with Gasteiger partial charge >= 0.3 is 0 Å². The molecule has 0 saturated heterocycles. The van der Waals surface area contributed by atoms with Gasteiger partial charge in [-0.1, -0.05) is 54.6 Å². The lowest BCUT2D eigenvalue weighted by atomic mass is 10.1. The molecular formula is C26H21N3O3S. The van der Waals surface area contributed by atoms with E-state index in [0.29, 0.717) is 24.3 Å². The lowest BCUT2D eigenvalue weighted by Crippen LogP contribution is -2.29. The van der Waals surface area contributed by atoms with Crippen molar-refractivity contribution in [3.8, 4) is 16.9 Å². The van der Waals surface area contributed by atoms with Crippen LogP contribution in [0, 0.1) is 0 Å². The zero-order valence-electron chi connectivity index (χ0n) is 17.7. The number of azo groups is 1. The highest BCUT2D eigenvalue weighted by molar-refractivity contribution is 7.92. The first-order valence-corrected chi connectivity index (χ1v) is 12.0. The molecule has 33 heavy (non-hydrogen) atoms. The van der Waals surface area contributed by atoms with Gasteiger partial charge in [-0.3, -0.25) is 4.31 Å². The van der Waals surface area contributed by atoms with Gasteiger partial charge in [-0.15, -0.1) is 5.11 Å². The van der Waals surface area contributed by atoms with Crippen LogP contribution in [-0.2, 0) is 16.4 Å². The Morgan fingerprint density at radius 3 is 2.27 bits per heavy atom. The minimum Gasteiger partial charge on any atom is -0.506 e. The first kappa shape index (κ1) is 20.9. The number of hydrogen-bond acceptors (Lipinski definition) is 5. The van der Waals surface area contributed by atoms with Crippen molar-refractivity contribution in [3.05, 3.63) is 103 Å². The van der Waals surface area contributed by atoms with Crippen molar-refractivity contribution in [2.24, 2.45) is 10.2 Å². The number of sulfonamides is 1. The van der Waals surface area contributed by atoms with Gasteiger partial charge in [-0.2, -0.15) is 5.11 Å². The summed E-state index contributed by atoms with van der Waals surface area (Å²) in [5.74, 6) is 0.0188. The van der Waals surface area contributed by atoms with E-state index in [2.05, 4.69) is 10.2 Å². The topological polar surface area (TPSA) is 82.3 Å². The standard InChI is InChI=1S/C26H21N3O3S/c30-26-15-10-21(19-6-2-1-3-7-19)18-24(26)28-27-22-11-13-23(14-12-22)33(31,32)29-17-16-20-8-4-5-9-25(20)29/h1-15,18,30H,16-17H2. The summed E-state index contributed by atoms with van der Waals surface area (Å²) >= 11 is 0. The molecule has 0 atom stereocenters. The first-order valence-electron chi connectivity index (χ1n) is 10.5. The third-order valence-electron chi connectivity index (χ3n) is 5.63. The third kappa shape index (κ3) is 4.10. The number of hydrogen-bond donors (Lipinski definition) is 1. The number of benzene rings is 4. The summed E-state index contributed by atoms with van der Waals surface area (Å²) < 4.78 is 27.7. The molecule has 0 aromatic heterocycles. The van der Waals surface area contributed by atoms with Gasteiger partial charge in [0.25, 0.3) is 10.0 Å². The van der Waals surface area contributed by atoms with E-state index in [1.165, 1.54) is 16.4 Å². The van der Waals surface area contributed by atoms with Crippen molar-refractivity contribution < 1.29 is 13.5 Å². The number of rotatable bonds is 5. The molecule has 5 rings (SSSR count). The Bertz CT molecular complexity index is 1430. The molecule has 7 heteroatoms. The van der Waals surface area contributed by atoms with Crippen LogP contribution < -0.4 is 4.31 Å². The molecule has 1 aliphatic rings. The zero-order valence-corrected chi connectivity index (χ0v) is 18.5. The molecule has 1 N–H and O–H groups in total. The van der Waals surface area contributed by atoms with E-state index in [1.807, 2.05) is 60.7 Å². The van der Waals surface area contributed by atoms with Gasteiger partial charge in [-0.25, -0.2) is 8.42 Å². The van der Waals surface area contributed by atoms with Crippen LogP contribution in [0.25, 0.3) is 11.1 Å². The smallest absolute Gasteiger partial charge is 0.264 e. The largest absolute Gasteiger partial charge is 0.506 e. The Hall–Kier alpha value is -3.97. The van der Waals surface area contributed by atoms with Crippen molar-refractivity contribution in [3.63, 3.8) is 0 Å². The maximum Gasteiger partial charge on any atom is 0.264 e. The predicted octanol–water partition coefficient (Wildman–Crippen LogP) is 6.23. The number of nitrogens with zero attached hydrogens (tertiary/aromatic N) is 3. The Balaban J connectivity index is 1.38. The number of fused-ring (bicyclic) bond motifs is 1. The Labute approximate surface area is 192 Å². The first-order chi connectivity index (χ1) is 16.0. The van der Waals surface area contributed by atoms with Gasteiger partial charge in [-0.05, 0) is 65.6 Å². The second-order valence-corrected chi connectivity index (χ2v) is 9.58. The van der Waals surface area contributed by atoms with Crippen LogP contribution in [0.15, 0.2) is 112 Å². The van der Waals surface area contributed by atoms with Crippen LogP contribution in [0.5, 0.6) is 5.75 Å². The van der Waals surface area contributed by atoms with Gasteiger partial charge < -0.3 is 5.11 Å². The molecule has 0 amide bonds. The Morgan fingerprint density at radius 2 is 1.48 bits per heavy atom. The number of anilines is 1. The van der Waals surface area contributed by atoms with E-state index in [9.17, 15) is 13.5 Å². The summed E-state index contributed by atoms with van der Waals surface area (Å²) in [5.41, 5.74) is 4.50. The molecular weight excluding hydrogens is 434 g/mol. The van der Waals surface area contributed by atoms with E-state index < -0.39 is 10.0 Å². The van der Waals surface area contributed by atoms with Crippen LogP contribution >= 0.6 is 0 Å². The van der Waals surface area contributed by atoms with E-state index >= 15 is 0 Å². The summed E-state index contributed by atoms with van der Waals surface area (Å²) in [6.07, 6.45) is 0.702. The van der Waals surface area contributed by atoms with Crippen molar-refractivity contribution >= 4 is 27.1 Å². The average Bonchev–Trinajstić information content (AvgIpc) is 3.29. The highest BCUT2D eigenvalue weighted by Gasteiger charge is 2.30. The van der Waals surface area contributed by atoms with E-state index in [0.717, 1.165) is 22.4 Å². The SMILES string of the molecule is O=S(=O)(c1ccc(N=Nc2cc(-c3ccccc3)ccc2O)cc1)N1CCc2ccccc21. The van der Waals surface area contributed by atoms with Gasteiger partial charge in [0.05, 0.1) is 16.3 Å². The molecule has 1 aliphatic heterocycles. The minimum absolute atomic E-state index is 0.0188. The molecule has 0 fully saturated rings. The summed E-state index contributed by atoms with van der Waals surface area (Å²) in [6, 6.07) is 28.8. The van der Waals surface area contributed by atoms with Gasteiger partial charge in [0, 0.05) is 6.54 Å². The summed E-state index contributed by atoms with van der Waals surface area (Å²) in [5, 5.41) is 18.5. The van der Waals surface area contributed by atoms with E-state index in [1.54, 1.807) is 24.3 Å². The summed E-state index contributed by atoms with van der Waals surface area (Å²) in [4.78, 5) is 0.201. The zero-order chi connectivity index (χ0) is 22.8. The molecule has 0 radical (unpaired) electrons. The predicted molar refractivity (Wildman–Crippen MR) is 129 cm³/mol. The van der Waals surface area contributed by atoms with Crippen LogP contribution in [0.3, 0.4) is 0 Å². The Kier molecular flexibility index (Phi) is 5.40. The molecule has 0 unspecified atom stereocenters. The lowest BCUT2D eigenvalue weighted by molar-refractivity contribution is 0.476. The fraction of sp³-hybridized carbons (Fsp3) is 0.0769. The molecule has 0 aliphatic carbocycles. The number of phenolic OH excluding ortho intramolecular Hbond substituents is 1. The number of aromatic hydroxyl groups is 1. The second kappa shape index (κ2) is 8.52. The fourth-order valence-electron chi connectivity index (χ4n) is 3.89. The third-order valence-corrected chi connectivity index (χ3v) is 7.45. The van der Waals surface area contributed by atoms with E-state index in [-0.39, 0.29) is 10.6 Å². The average molecular weight is 456 g/mol. The second-order valence-electron chi connectivity index (χ2n) is 7.72. The minimum atomic E-state index is -3.66. The van der Waals surface area contributed by atoms with Crippen LogP contribution in [0.1, 0.15) is 5.56 Å². The molecule has 1 heterocycles. The highest BCUT2D eigenvalue weighted by atomic mass is 32.2. The monoisotopic (exact) mass is 455 g/mol. The molecule has 6 nitrogen and oxygen atoms in total. The molecule has 0 spiro atoms. The van der Waals surface area contributed by atoms with Crippen molar-refractivity contribution in [1.82, 2.24) is 0 Å². The number of phenols is 1. The Morgan fingerprint density at radius 1 is 0.758 bits per heavy atom. The summed E-state index contributed by atoms with van der Waals surface area (Å²) in [6.45, 7) is 0.431. The normalized spacial score (nSPS) is 13.4. The van der Waals surface area contributed by atoms with Crippen LogP contribution in [0.4, 0.5) is 17.1 Å². The molecule has 4 aromatic rings. The highest BCUT2D eigenvalue weighted by Crippen LogP contribution is 2.35. The van der Waals surface area contributed by atoms with Gasteiger partial charge in [0.2, 0.25) is 0 Å².